The van der Waals surface area contributed by atoms with Crippen molar-refractivity contribution in [2.24, 2.45) is 0 Å². The molecule has 1 unspecified atom stereocenters. The molecule has 4 nitrogen and oxygen atoms in total. The predicted molar refractivity (Wildman–Crippen MR) is 44.0 cm³/mol. The fraction of sp³-hybridized carbons (Fsp3) is 0.625. The van der Waals surface area contributed by atoms with Crippen molar-refractivity contribution in [1.29, 1.82) is 0 Å². The van der Waals surface area contributed by atoms with Gasteiger partial charge in [-0.25, -0.2) is 4.79 Å². The van der Waals surface area contributed by atoms with Crippen molar-refractivity contribution < 1.29 is 4.74 Å². The highest BCUT2D eigenvalue weighted by molar-refractivity contribution is 4.78. The summed E-state index contributed by atoms with van der Waals surface area (Å²) in [5, 5.41) is 0. The summed E-state index contributed by atoms with van der Waals surface area (Å²) in [6, 6.07) is 0. The van der Waals surface area contributed by atoms with E-state index in [9.17, 15) is 4.79 Å². The van der Waals surface area contributed by atoms with Gasteiger partial charge in [-0.15, -0.1) is 0 Å². The number of hydrogen-bond donors (Lipinski definition) is 1. The predicted octanol–water partition coefficient (Wildman–Crippen LogP) is 0.355. The highest BCUT2D eigenvalue weighted by atomic mass is 16.5. The lowest BCUT2D eigenvalue weighted by atomic mass is 10.2. The Morgan fingerprint density at radius 1 is 1.75 bits per heavy atom. The number of aromatic amines is 1. The van der Waals surface area contributed by atoms with Gasteiger partial charge in [-0.2, -0.15) is 0 Å². The lowest BCUT2D eigenvalue weighted by Crippen LogP contribution is -2.23. The van der Waals surface area contributed by atoms with Crippen LogP contribution in [-0.2, 0) is 11.3 Å². The van der Waals surface area contributed by atoms with Crippen LogP contribution in [0.2, 0.25) is 0 Å². The average molecular weight is 168 g/mol. The standard InChI is InChI=1S/C8H12N2O2/c11-8-9-3-4-10(8)6-7-2-1-5-12-7/h3-4,7H,1-2,5-6H2,(H,9,11). The normalized spacial score (nSPS) is 23.2. The molecule has 1 N–H and O–H groups in total. The van der Waals surface area contributed by atoms with Crippen molar-refractivity contribution in [1.82, 2.24) is 9.55 Å². The van der Waals surface area contributed by atoms with Gasteiger partial charge in [0.2, 0.25) is 0 Å². The van der Waals surface area contributed by atoms with Crippen LogP contribution in [0.3, 0.4) is 0 Å². The van der Waals surface area contributed by atoms with Gasteiger partial charge in [0.1, 0.15) is 0 Å². The molecule has 1 fully saturated rings. The second kappa shape index (κ2) is 3.15. The average Bonchev–Trinajstić information content (AvgIpc) is 2.65. The Morgan fingerprint density at radius 2 is 2.67 bits per heavy atom. The molecular formula is C8H12N2O2. The van der Waals surface area contributed by atoms with Crippen molar-refractivity contribution in [2.75, 3.05) is 6.61 Å². The van der Waals surface area contributed by atoms with Crippen molar-refractivity contribution in [2.45, 2.75) is 25.5 Å². The monoisotopic (exact) mass is 168 g/mol. The maximum absolute atomic E-state index is 11.1. The van der Waals surface area contributed by atoms with Crippen LogP contribution in [0.4, 0.5) is 0 Å². The Labute approximate surface area is 70.2 Å². The van der Waals surface area contributed by atoms with E-state index in [-0.39, 0.29) is 11.8 Å². The molecule has 0 radical (unpaired) electrons. The number of H-pyrrole nitrogens is 1. The second-order valence-electron chi connectivity index (χ2n) is 3.05. The number of nitrogens with one attached hydrogen (secondary N) is 1. The second-order valence-corrected chi connectivity index (χ2v) is 3.05. The van der Waals surface area contributed by atoms with E-state index in [4.69, 9.17) is 4.74 Å². The summed E-state index contributed by atoms with van der Waals surface area (Å²) in [6.45, 7) is 1.52. The topological polar surface area (TPSA) is 47.0 Å². The molecule has 66 valence electrons. The maximum Gasteiger partial charge on any atom is 0.325 e. The van der Waals surface area contributed by atoms with Crippen molar-refractivity contribution in [3.63, 3.8) is 0 Å². The summed E-state index contributed by atoms with van der Waals surface area (Å²) < 4.78 is 7.06. The Balaban J connectivity index is 2.03. The van der Waals surface area contributed by atoms with E-state index in [1.54, 1.807) is 17.0 Å². The van der Waals surface area contributed by atoms with Crippen LogP contribution in [0.5, 0.6) is 0 Å². The SMILES string of the molecule is O=c1[nH]ccn1CC1CCCO1. The quantitative estimate of drug-likeness (QED) is 0.692. The minimum Gasteiger partial charge on any atom is -0.376 e. The number of hydrogen-bond acceptors (Lipinski definition) is 2. The molecule has 1 aromatic rings. The number of aromatic nitrogens is 2. The fourth-order valence-corrected chi connectivity index (χ4v) is 1.50. The first-order valence-electron chi connectivity index (χ1n) is 4.22. The Hall–Kier alpha value is -1.03. The lowest BCUT2D eigenvalue weighted by Gasteiger charge is -2.08. The zero-order chi connectivity index (χ0) is 8.39. The van der Waals surface area contributed by atoms with Crippen LogP contribution in [0.15, 0.2) is 17.2 Å². The van der Waals surface area contributed by atoms with E-state index < -0.39 is 0 Å². The van der Waals surface area contributed by atoms with Gasteiger partial charge in [0, 0.05) is 19.0 Å². The summed E-state index contributed by atoms with van der Waals surface area (Å²) in [5.74, 6) is 0. The summed E-state index contributed by atoms with van der Waals surface area (Å²) >= 11 is 0. The molecule has 0 bridgehead atoms. The van der Waals surface area contributed by atoms with Crippen LogP contribution in [0.25, 0.3) is 0 Å². The van der Waals surface area contributed by atoms with Crippen LogP contribution in [-0.4, -0.2) is 22.3 Å². The first-order chi connectivity index (χ1) is 5.86. The van der Waals surface area contributed by atoms with Gasteiger partial charge in [0.05, 0.1) is 12.6 Å². The molecule has 1 aromatic heterocycles. The number of nitrogens with zero attached hydrogens (tertiary/aromatic N) is 1. The largest absolute Gasteiger partial charge is 0.376 e. The minimum absolute atomic E-state index is 0.0505. The summed E-state index contributed by atoms with van der Waals surface area (Å²) in [7, 11) is 0. The van der Waals surface area contributed by atoms with Gasteiger partial charge in [-0.3, -0.25) is 4.57 Å². The Morgan fingerprint density at radius 3 is 3.25 bits per heavy atom. The van der Waals surface area contributed by atoms with E-state index in [1.165, 1.54) is 0 Å². The van der Waals surface area contributed by atoms with Gasteiger partial charge in [-0.1, -0.05) is 0 Å². The number of imidazole rings is 1. The molecule has 4 heteroatoms. The molecule has 0 saturated carbocycles. The fourth-order valence-electron chi connectivity index (χ4n) is 1.50. The van der Waals surface area contributed by atoms with Crippen LogP contribution < -0.4 is 5.69 Å². The smallest absolute Gasteiger partial charge is 0.325 e. The number of ether oxygens (including phenoxy) is 1. The zero-order valence-electron chi connectivity index (χ0n) is 6.82. The molecule has 1 aliphatic rings. The molecule has 2 heterocycles. The molecule has 0 aromatic carbocycles. The van der Waals surface area contributed by atoms with Gasteiger partial charge in [-0.05, 0) is 12.8 Å². The van der Waals surface area contributed by atoms with Gasteiger partial charge in [0.15, 0.2) is 0 Å². The van der Waals surface area contributed by atoms with Crippen molar-refractivity contribution >= 4 is 0 Å². The van der Waals surface area contributed by atoms with E-state index in [0.29, 0.717) is 6.54 Å². The van der Waals surface area contributed by atoms with E-state index in [1.807, 2.05) is 0 Å². The van der Waals surface area contributed by atoms with Crippen LogP contribution in [0.1, 0.15) is 12.8 Å². The highest BCUT2D eigenvalue weighted by Crippen LogP contribution is 2.12. The molecule has 1 saturated heterocycles. The first-order valence-corrected chi connectivity index (χ1v) is 4.22. The third kappa shape index (κ3) is 1.43. The van der Waals surface area contributed by atoms with Gasteiger partial charge >= 0.3 is 5.69 Å². The minimum atomic E-state index is -0.0505. The maximum atomic E-state index is 11.1. The molecule has 1 atom stereocenters. The van der Waals surface area contributed by atoms with Gasteiger partial charge in [0.25, 0.3) is 0 Å². The molecule has 1 aliphatic heterocycles. The van der Waals surface area contributed by atoms with Crippen LogP contribution >= 0.6 is 0 Å². The van der Waals surface area contributed by atoms with E-state index in [0.717, 1.165) is 19.4 Å². The molecule has 12 heavy (non-hydrogen) atoms. The molecule has 0 amide bonds. The third-order valence-electron chi connectivity index (χ3n) is 2.15. The van der Waals surface area contributed by atoms with Crippen LogP contribution in [0, 0.1) is 0 Å². The van der Waals surface area contributed by atoms with E-state index in [2.05, 4.69) is 4.98 Å². The summed E-state index contributed by atoms with van der Waals surface area (Å²) in [6.07, 6.45) is 5.82. The zero-order valence-corrected chi connectivity index (χ0v) is 6.82. The van der Waals surface area contributed by atoms with Crippen molar-refractivity contribution in [3.8, 4) is 0 Å². The van der Waals surface area contributed by atoms with Gasteiger partial charge < -0.3 is 9.72 Å². The summed E-state index contributed by atoms with van der Waals surface area (Å²) in [5.41, 5.74) is -0.0505. The Bertz CT molecular complexity index is 296. The highest BCUT2D eigenvalue weighted by Gasteiger charge is 2.16. The number of rotatable bonds is 2. The van der Waals surface area contributed by atoms with Crippen molar-refractivity contribution in [3.05, 3.63) is 22.9 Å². The molecule has 2 rings (SSSR count). The lowest BCUT2D eigenvalue weighted by molar-refractivity contribution is 0.0962. The first kappa shape index (κ1) is 7.61. The molecule has 0 aliphatic carbocycles. The summed E-state index contributed by atoms with van der Waals surface area (Å²) in [4.78, 5) is 13.7. The van der Waals surface area contributed by atoms with E-state index >= 15 is 0 Å². The third-order valence-corrected chi connectivity index (χ3v) is 2.15. The molecule has 0 spiro atoms. The Kier molecular flexibility index (Phi) is 1.99. The molecular weight excluding hydrogens is 156 g/mol.